The van der Waals surface area contributed by atoms with Gasteiger partial charge in [0.2, 0.25) is 0 Å². The molecule has 0 fully saturated rings. The average molecular weight is 247 g/mol. The minimum Gasteiger partial charge on any atom is -0.493 e. The first-order valence-electron chi connectivity index (χ1n) is 6.95. The van der Waals surface area contributed by atoms with Gasteiger partial charge in [-0.2, -0.15) is 0 Å². The zero-order valence-corrected chi connectivity index (χ0v) is 11.1. The van der Waals surface area contributed by atoms with Crippen LogP contribution in [0.5, 0.6) is 11.5 Å². The van der Waals surface area contributed by atoms with E-state index >= 15 is 0 Å². The number of ether oxygens (including phenoxy) is 2. The number of fused-ring (bicyclic) bond motifs is 2. The van der Waals surface area contributed by atoms with Crippen LogP contribution in [0, 0.1) is 6.92 Å². The van der Waals surface area contributed by atoms with Crippen molar-refractivity contribution >= 4 is 0 Å². The van der Waals surface area contributed by atoms with Crippen LogP contribution < -0.4 is 15.2 Å². The highest BCUT2D eigenvalue weighted by Gasteiger charge is 2.26. The number of nitrogens with two attached hydrogens (primary N) is 1. The van der Waals surface area contributed by atoms with Gasteiger partial charge >= 0.3 is 0 Å². The molecular weight excluding hydrogens is 226 g/mol. The van der Waals surface area contributed by atoms with Gasteiger partial charge in [0, 0.05) is 16.7 Å². The molecule has 0 radical (unpaired) electrons. The molecule has 1 aromatic rings. The number of rotatable bonds is 2. The molecule has 0 spiro atoms. The summed E-state index contributed by atoms with van der Waals surface area (Å²) in [7, 11) is 0. The van der Waals surface area contributed by atoms with E-state index in [9.17, 15) is 0 Å². The molecule has 1 aromatic carbocycles. The van der Waals surface area contributed by atoms with Crippen LogP contribution in [0.15, 0.2) is 0 Å². The maximum absolute atomic E-state index is 5.94. The fourth-order valence-electron chi connectivity index (χ4n) is 3.18. The first kappa shape index (κ1) is 11.8. The SMILES string of the molecule is Cc1c2c(c(CCN)c3c1OCCC3)OCCC2. The van der Waals surface area contributed by atoms with Crippen LogP contribution in [0.25, 0.3) is 0 Å². The van der Waals surface area contributed by atoms with Crippen LogP contribution in [0.1, 0.15) is 35.1 Å². The molecule has 2 heterocycles. The highest BCUT2D eigenvalue weighted by molar-refractivity contribution is 5.60. The van der Waals surface area contributed by atoms with E-state index in [1.807, 2.05) is 0 Å². The van der Waals surface area contributed by atoms with Gasteiger partial charge in [-0.25, -0.2) is 0 Å². The van der Waals surface area contributed by atoms with Crippen molar-refractivity contribution in [1.29, 1.82) is 0 Å². The standard InChI is InChI=1S/C15H21NO2/c1-10-11-4-2-9-18-15(11)13(6-7-16)12-5-3-8-17-14(10)12/h2-9,16H2,1H3. The van der Waals surface area contributed by atoms with Crippen molar-refractivity contribution in [2.75, 3.05) is 19.8 Å². The summed E-state index contributed by atoms with van der Waals surface area (Å²) in [6, 6.07) is 0. The van der Waals surface area contributed by atoms with Gasteiger partial charge in [-0.05, 0) is 51.1 Å². The summed E-state index contributed by atoms with van der Waals surface area (Å²) in [5.41, 5.74) is 11.1. The van der Waals surface area contributed by atoms with E-state index in [2.05, 4.69) is 6.92 Å². The van der Waals surface area contributed by atoms with E-state index in [0.717, 1.165) is 56.8 Å². The van der Waals surface area contributed by atoms with Crippen molar-refractivity contribution in [3.8, 4) is 11.5 Å². The minimum atomic E-state index is 0.672. The lowest BCUT2D eigenvalue weighted by atomic mass is 9.88. The molecule has 3 rings (SSSR count). The van der Waals surface area contributed by atoms with Crippen molar-refractivity contribution < 1.29 is 9.47 Å². The topological polar surface area (TPSA) is 44.5 Å². The monoisotopic (exact) mass is 247 g/mol. The van der Waals surface area contributed by atoms with E-state index in [4.69, 9.17) is 15.2 Å². The number of hydrogen-bond acceptors (Lipinski definition) is 3. The second-order valence-electron chi connectivity index (χ2n) is 5.16. The average Bonchev–Trinajstić information content (AvgIpc) is 2.43. The molecular formula is C15H21NO2. The molecule has 18 heavy (non-hydrogen) atoms. The van der Waals surface area contributed by atoms with Crippen molar-refractivity contribution in [2.24, 2.45) is 5.73 Å². The first-order chi connectivity index (χ1) is 8.83. The summed E-state index contributed by atoms with van der Waals surface area (Å²) in [6.07, 6.45) is 5.31. The Labute approximate surface area is 108 Å². The Hall–Kier alpha value is -1.22. The van der Waals surface area contributed by atoms with Crippen molar-refractivity contribution in [3.05, 3.63) is 22.3 Å². The molecule has 2 N–H and O–H groups in total. The Kier molecular flexibility index (Phi) is 3.16. The third-order valence-corrected chi connectivity index (χ3v) is 4.01. The molecule has 0 aromatic heterocycles. The zero-order chi connectivity index (χ0) is 12.5. The van der Waals surface area contributed by atoms with Gasteiger partial charge in [-0.1, -0.05) is 0 Å². The molecule has 98 valence electrons. The predicted molar refractivity (Wildman–Crippen MR) is 71.6 cm³/mol. The Balaban J connectivity index is 2.20. The quantitative estimate of drug-likeness (QED) is 0.871. The van der Waals surface area contributed by atoms with E-state index in [-0.39, 0.29) is 0 Å². The summed E-state index contributed by atoms with van der Waals surface area (Å²) in [5.74, 6) is 2.24. The second kappa shape index (κ2) is 4.81. The summed E-state index contributed by atoms with van der Waals surface area (Å²) >= 11 is 0. The molecule has 0 bridgehead atoms. The molecule has 2 aliphatic heterocycles. The smallest absolute Gasteiger partial charge is 0.126 e. The van der Waals surface area contributed by atoms with Crippen LogP contribution in [0.2, 0.25) is 0 Å². The van der Waals surface area contributed by atoms with Gasteiger partial charge < -0.3 is 15.2 Å². The molecule has 0 atom stereocenters. The fourth-order valence-corrected chi connectivity index (χ4v) is 3.18. The van der Waals surface area contributed by atoms with Crippen molar-refractivity contribution in [1.82, 2.24) is 0 Å². The fraction of sp³-hybridized carbons (Fsp3) is 0.600. The second-order valence-corrected chi connectivity index (χ2v) is 5.16. The predicted octanol–water partition coefficient (Wildman–Crippen LogP) is 2.15. The Morgan fingerprint density at radius 3 is 2.39 bits per heavy atom. The van der Waals surface area contributed by atoms with Gasteiger partial charge in [-0.15, -0.1) is 0 Å². The van der Waals surface area contributed by atoms with Crippen LogP contribution in [-0.4, -0.2) is 19.8 Å². The maximum Gasteiger partial charge on any atom is 0.126 e. The molecule has 0 amide bonds. The van der Waals surface area contributed by atoms with Gasteiger partial charge in [0.15, 0.2) is 0 Å². The lowest BCUT2D eigenvalue weighted by Crippen LogP contribution is -2.20. The molecule has 2 aliphatic rings. The van der Waals surface area contributed by atoms with Crippen LogP contribution in [0.3, 0.4) is 0 Å². The molecule has 0 saturated carbocycles. The van der Waals surface area contributed by atoms with Gasteiger partial charge in [-0.3, -0.25) is 0 Å². The summed E-state index contributed by atoms with van der Waals surface area (Å²) in [5, 5.41) is 0. The molecule has 0 saturated heterocycles. The normalized spacial score (nSPS) is 17.4. The van der Waals surface area contributed by atoms with E-state index < -0.39 is 0 Å². The van der Waals surface area contributed by atoms with Gasteiger partial charge in [0.25, 0.3) is 0 Å². The lowest BCUT2D eigenvalue weighted by molar-refractivity contribution is 0.267. The van der Waals surface area contributed by atoms with Crippen molar-refractivity contribution in [3.63, 3.8) is 0 Å². The maximum atomic E-state index is 5.94. The largest absolute Gasteiger partial charge is 0.493 e. The van der Waals surface area contributed by atoms with Crippen LogP contribution >= 0.6 is 0 Å². The third kappa shape index (κ3) is 1.77. The summed E-state index contributed by atoms with van der Waals surface area (Å²) in [4.78, 5) is 0. The molecule has 0 aliphatic carbocycles. The summed E-state index contributed by atoms with van der Waals surface area (Å²) < 4.78 is 11.9. The van der Waals surface area contributed by atoms with Crippen LogP contribution in [0.4, 0.5) is 0 Å². The zero-order valence-electron chi connectivity index (χ0n) is 11.1. The first-order valence-corrected chi connectivity index (χ1v) is 6.95. The summed E-state index contributed by atoms with van der Waals surface area (Å²) in [6.45, 7) is 4.52. The number of benzene rings is 1. The Bertz CT molecular complexity index is 431. The number of hydrogen-bond donors (Lipinski definition) is 1. The Morgan fingerprint density at radius 1 is 1.00 bits per heavy atom. The van der Waals surface area contributed by atoms with Gasteiger partial charge in [0.05, 0.1) is 13.2 Å². The molecule has 3 nitrogen and oxygen atoms in total. The van der Waals surface area contributed by atoms with E-state index in [0.29, 0.717) is 6.54 Å². The van der Waals surface area contributed by atoms with Crippen LogP contribution in [-0.2, 0) is 19.3 Å². The molecule has 3 heteroatoms. The lowest BCUT2D eigenvalue weighted by Gasteiger charge is -2.29. The Morgan fingerprint density at radius 2 is 1.67 bits per heavy atom. The highest BCUT2D eigenvalue weighted by atomic mass is 16.5. The molecule has 0 unspecified atom stereocenters. The van der Waals surface area contributed by atoms with E-state index in [1.54, 1.807) is 0 Å². The highest BCUT2D eigenvalue weighted by Crippen LogP contribution is 2.43. The third-order valence-electron chi connectivity index (χ3n) is 4.01. The minimum absolute atomic E-state index is 0.672. The van der Waals surface area contributed by atoms with E-state index in [1.165, 1.54) is 22.3 Å². The van der Waals surface area contributed by atoms with Crippen molar-refractivity contribution in [2.45, 2.75) is 39.0 Å². The van der Waals surface area contributed by atoms with Gasteiger partial charge in [0.1, 0.15) is 11.5 Å².